The number of hydrogen-bond acceptors (Lipinski definition) is 3. The van der Waals surface area contributed by atoms with E-state index in [1.165, 1.54) is 24.3 Å². The normalized spacial score (nSPS) is 11.1. The van der Waals surface area contributed by atoms with Crippen LogP contribution in [-0.4, -0.2) is 24.0 Å². The molecule has 0 aromatic heterocycles. The van der Waals surface area contributed by atoms with E-state index >= 15 is 0 Å². The minimum absolute atomic E-state index is 0.103. The van der Waals surface area contributed by atoms with Crippen molar-refractivity contribution in [1.29, 1.82) is 0 Å². The number of benzene rings is 3. The van der Waals surface area contributed by atoms with Crippen LogP contribution in [0, 0.1) is 6.92 Å². The topological polar surface area (TPSA) is 87.6 Å². The number of hydrogen-bond donors (Lipinski definition) is 0. The van der Waals surface area contributed by atoms with Gasteiger partial charge in [-0.3, -0.25) is 4.79 Å². The van der Waals surface area contributed by atoms with Crippen molar-refractivity contribution in [2.24, 2.45) is 0 Å². The summed E-state index contributed by atoms with van der Waals surface area (Å²) in [6.45, 7) is 1.83. The van der Waals surface area contributed by atoms with Gasteiger partial charge in [0.2, 0.25) is 0 Å². The van der Waals surface area contributed by atoms with Crippen LogP contribution in [0.4, 0.5) is 0 Å². The van der Waals surface area contributed by atoms with Gasteiger partial charge in [0.05, 0.1) is 4.90 Å². The van der Waals surface area contributed by atoms with Crippen LogP contribution in [0.25, 0.3) is 16.3 Å². The first-order valence-electron chi connectivity index (χ1n) is 7.51. The van der Waals surface area contributed by atoms with E-state index in [1.54, 1.807) is 18.2 Å². The fourth-order valence-electron chi connectivity index (χ4n) is 2.69. The van der Waals surface area contributed by atoms with E-state index in [0.29, 0.717) is 0 Å². The third-order valence-corrected chi connectivity index (χ3v) is 5.59. The fraction of sp³-hybridized carbons (Fsp3) is 0.0526. The zero-order valence-electron chi connectivity index (χ0n) is 13.4. The number of carbonyl (C=O) groups excluding carboxylic acids is 1. The highest BCUT2D eigenvalue weighted by Gasteiger charge is 2.38. The van der Waals surface area contributed by atoms with Gasteiger partial charge >= 0.3 is 5.04 Å². The van der Waals surface area contributed by atoms with E-state index in [-0.39, 0.29) is 10.5 Å². The lowest BCUT2D eigenvalue weighted by atomic mass is 10.00. The molecule has 124 valence electrons. The van der Waals surface area contributed by atoms with Crippen molar-refractivity contribution in [3.8, 4) is 0 Å². The Morgan fingerprint density at radius 3 is 2.28 bits per heavy atom. The van der Waals surface area contributed by atoms with Gasteiger partial charge in [-0.15, -0.1) is 4.79 Å². The van der Waals surface area contributed by atoms with E-state index in [9.17, 15) is 18.7 Å². The first kappa shape index (κ1) is 16.8. The molecule has 0 unspecified atom stereocenters. The molecule has 5 nitrogen and oxygen atoms in total. The van der Waals surface area contributed by atoms with Crippen molar-refractivity contribution in [2.75, 3.05) is 0 Å². The molecule has 0 spiro atoms. The third kappa shape index (κ3) is 3.01. The molecule has 0 atom stereocenters. The molecule has 3 aromatic rings. The lowest BCUT2D eigenvalue weighted by molar-refractivity contribution is -0.00158. The fourth-order valence-corrected chi connectivity index (χ4v) is 3.90. The van der Waals surface area contributed by atoms with Gasteiger partial charge < -0.3 is 5.53 Å². The second kappa shape index (κ2) is 6.43. The zero-order chi connectivity index (χ0) is 18.0. The van der Waals surface area contributed by atoms with Gasteiger partial charge in [0, 0.05) is 5.56 Å². The number of nitrogens with zero attached hydrogens (tertiary/aromatic N) is 2. The van der Waals surface area contributed by atoms with Crippen LogP contribution in [0.3, 0.4) is 0 Å². The first-order valence-corrected chi connectivity index (χ1v) is 9.00. The molecular weight excluding hydrogens is 336 g/mol. The summed E-state index contributed by atoms with van der Waals surface area (Å²) in [5, 5.41) is 0.876. The van der Waals surface area contributed by atoms with Crippen molar-refractivity contribution in [1.82, 2.24) is 0 Å². The van der Waals surface area contributed by atoms with Crippen molar-refractivity contribution >= 4 is 31.4 Å². The molecule has 0 aliphatic rings. The van der Waals surface area contributed by atoms with E-state index in [1.807, 2.05) is 31.2 Å². The predicted octanol–water partition coefficient (Wildman–Crippen LogP) is 3.43. The average molecular weight is 350 g/mol. The Balaban J connectivity index is 2.12. The van der Waals surface area contributed by atoms with Gasteiger partial charge in [0.15, 0.2) is 0 Å². The number of aryl methyl sites for hydroxylation is 1. The van der Waals surface area contributed by atoms with Crippen molar-refractivity contribution < 1.29 is 18.0 Å². The van der Waals surface area contributed by atoms with E-state index in [4.69, 9.17) is 0 Å². The summed E-state index contributed by atoms with van der Waals surface area (Å²) in [6.07, 6.45) is 0. The molecule has 3 rings (SSSR count). The molecule has 0 saturated heterocycles. The maximum Gasteiger partial charge on any atom is 0.456 e. The zero-order valence-corrected chi connectivity index (χ0v) is 14.2. The molecule has 0 aliphatic carbocycles. The summed E-state index contributed by atoms with van der Waals surface area (Å²) in [5.41, 5.74) is 10.2. The molecule has 0 saturated carbocycles. The molecule has 0 heterocycles. The highest BCUT2D eigenvalue weighted by Crippen LogP contribution is 2.22. The van der Waals surface area contributed by atoms with E-state index < -0.39 is 20.7 Å². The minimum atomic E-state index is -4.21. The molecule has 25 heavy (non-hydrogen) atoms. The smallest absolute Gasteiger partial charge is 0.360 e. The SMILES string of the molecule is Cc1cc(C(=O)C(=[N+]=[N-])S(=O)(=O)c2ccccc2)cc2ccccc12. The number of rotatable bonds is 3. The second-order valence-electron chi connectivity index (χ2n) is 5.57. The summed E-state index contributed by atoms with van der Waals surface area (Å²) < 4.78 is 25.2. The lowest BCUT2D eigenvalue weighted by Crippen LogP contribution is -2.26. The number of ketones is 1. The molecule has 0 N–H and O–H groups in total. The Hall–Kier alpha value is -3.08. The van der Waals surface area contributed by atoms with Crippen LogP contribution in [0.2, 0.25) is 0 Å². The minimum Gasteiger partial charge on any atom is -0.360 e. The largest absolute Gasteiger partial charge is 0.456 e. The number of fused-ring (bicyclic) bond motifs is 1. The second-order valence-corrected chi connectivity index (χ2v) is 7.43. The summed E-state index contributed by atoms with van der Waals surface area (Å²) in [6, 6.07) is 18.1. The standard InChI is InChI=1S/C19H14N2O3S/c1-13-11-15(12-14-7-5-6-10-17(13)14)18(22)19(21-20)25(23,24)16-8-3-2-4-9-16/h2-12H,1H3. The van der Waals surface area contributed by atoms with Crippen LogP contribution >= 0.6 is 0 Å². The summed E-state index contributed by atoms with van der Waals surface area (Å²) in [5.74, 6) is -0.847. The van der Waals surface area contributed by atoms with Gasteiger partial charge in [-0.25, -0.2) is 8.42 Å². The van der Waals surface area contributed by atoms with E-state index in [0.717, 1.165) is 16.3 Å². The summed E-state index contributed by atoms with van der Waals surface area (Å²) >= 11 is 0. The van der Waals surface area contributed by atoms with Crippen molar-refractivity contribution in [2.45, 2.75) is 11.8 Å². The summed E-state index contributed by atoms with van der Waals surface area (Å²) in [7, 11) is -4.21. The Labute approximate surface area is 145 Å². The van der Waals surface area contributed by atoms with Crippen LogP contribution in [0.15, 0.2) is 71.6 Å². The molecule has 0 amide bonds. The van der Waals surface area contributed by atoms with Crippen LogP contribution < -0.4 is 0 Å². The Kier molecular flexibility index (Phi) is 4.31. The Morgan fingerprint density at radius 1 is 0.960 bits per heavy atom. The molecule has 0 fully saturated rings. The van der Waals surface area contributed by atoms with Gasteiger partial charge in [-0.1, -0.05) is 42.5 Å². The van der Waals surface area contributed by atoms with Gasteiger partial charge in [-0.2, -0.15) is 0 Å². The number of carbonyl (C=O) groups is 1. The quantitative estimate of drug-likeness (QED) is 0.238. The summed E-state index contributed by atoms with van der Waals surface area (Å²) in [4.78, 5) is 15.4. The van der Waals surface area contributed by atoms with Crippen molar-refractivity contribution in [3.05, 3.63) is 83.4 Å². The van der Waals surface area contributed by atoms with Crippen LogP contribution in [0.1, 0.15) is 15.9 Å². The van der Waals surface area contributed by atoms with Gasteiger partial charge in [0.1, 0.15) is 0 Å². The first-order chi connectivity index (χ1) is 11.9. The van der Waals surface area contributed by atoms with Gasteiger partial charge in [-0.05, 0) is 47.5 Å². The third-order valence-electron chi connectivity index (χ3n) is 3.92. The highest BCUT2D eigenvalue weighted by molar-refractivity contribution is 8.08. The molecule has 3 aromatic carbocycles. The number of Topliss-reactive ketones (excluding diaryl/α,β-unsaturated/α-hetero) is 1. The van der Waals surface area contributed by atoms with Crippen molar-refractivity contribution in [3.63, 3.8) is 0 Å². The molecule has 6 heteroatoms. The lowest BCUT2D eigenvalue weighted by Gasteiger charge is -2.05. The van der Waals surface area contributed by atoms with E-state index in [2.05, 4.69) is 4.79 Å². The Bertz CT molecular complexity index is 1130. The molecular formula is C19H14N2O3S. The van der Waals surface area contributed by atoms with Crippen LogP contribution in [-0.2, 0) is 9.84 Å². The monoisotopic (exact) mass is 350 g/mol. The number of sulfone groups is 1. The molecule has 0 bridgehead atoms. The maximum atomic E-state index is 12.7. The predicted molar refractivity (Wildman–Crippen MR) is 95.3 cm³/mol. The van der Waals surface area contributed by atoms with Gasteiger partial charge in [0.25, 0.3) is 15.6 Å². The Morgan fingerprint density at radius 2 is 1.60 bits per heavy atom. The maximum absolute atomic E-state index is 12.7. The highest BCUT2D eigenvalue weighted by atomic mass is 32.2. The van der Waals surface area contributed by atoms with Crippen LogP contribution in [0.5, 0.6) is 0 Å². The molecule has 0 aliphatic heterocycles. The average Bonchev–Trinajstić information content (AvgIpc) is 2.62. The molecule has 0 radical (unpaired) electrons.